The number of hydrogen-bond acceptors (Lipinski definition) is 4. The van der Waals surface area contributed by atoms with Gasteiger partial charge in [0, 0.05) is 43.8 Å². The number of hydrogen-bond donors (Lipinski definition) is 0. The van der Waals surface area contributed by atoms with E-state index in [-0.39, 0.29) is 16.3 Å². The van der Waals surface area contributed by atoms with Crippen LogP contribution in [-0.4, -0.2) is 46.8 Å². The molecule has 1 amide bonds. The summed E-state index contributed by atoms with van der Waals surface area (Å²) in [6.45, 7) is 1.86. The zero-order chi connectivity index (χ0) is 21.2. The predicted octanol–water partition coefficient (Wildman–Crippen LogP) is 4.23. The van der Waals surface area contributed by atoms with Gasteiger partial charge in [-0.25, -0.2) is 0 Å². The lowest BCUT2D eigenvalue weighted by Crippen LogP contribution is -2.48. The minimum Gasteiger partial charge on any atom is -0.336 e. The van der Waals surface area contributed by atoms with Gasteiger partial charge >= 0.3 is 6.18 Å². The maximum atomic E-state index is 12.8. The van der Waals surface area contributed by atoms with E-state index < -0.39 is 22.6 Å². The largest absolute Gasteiger partial charge is 0.416 e. The molecule has 0 atom stereocenters. The van der Waals surface area contributed by atoms with Crippen LogP contribution in [0.1, 0.15) is 21.5 Å². The molecule has 3 rings (SSSR count). The lowest BCUT2D eigenvalue weighted by Gasteiger charge is -2.34. The van der Waals surface area contributed by atoms with Crippen molar-refractivity contribution in [3.05, 3.63) is 74.3 Å². The fourth-order valence-corrected chi connectivity index (χ4v) is 3.39. The number of halogens is 4. The predicted molar refractivity (Wildman–Crippen MR) is 101 cm³/mol. The summed E-state index contributed by atoms with van der Waals surface area (Å²) in [4.78, 5) is 26.7. The highest BCUT2D eigenvalue weighted by molar-refractivity contribution is 6.31. The van der Waals surface area contributed by atoms with Crippen molar-refractivity contribution >= 4 is 23.2 Å². The summed E-state index contributed by atoms with van der Waals surface area (Å²) in [5.41, 5.74) is -0.550. The van der Waals surface area contributed by atoms with Crippen LogP contribution < -0.4 is 0 Å². The first-order valence-corrected chi connectivity index (χ1v) is 9.14. The molecular formula is C19H17ClF3N3O3. The SMILES string of the molecule is O=C(c1ccc(Cl)cc1[N+](=O)[O-])N1CCN(Cc2cccc(C(F)(F)F)c2)CC1. The molecule has 1 fully saturated rings. The molecule has 2 aromatic carbocycles. The molecule has 0 aliphatic carbocycles. The van der Waals surface area contributed by atoms with Crippen LogP contribution in [0.5, 0.6) is 0 Å². The Labute approximate surface area is 169 Å². The van der Waals surface area contributed by atoms with Crippen molar-refractivity contribution in [3.63, 3.8) is 0 Å². The Bertz CT molecular complexity index is 928. The van der Waals surface area contributed by atoms with Crippen LogP contribution >= 0.6 is 11.6 Å². The molecule has 0 spiro atoms. The van der Waals surface area contributed by atoms with E-state index in [9.17, 15) is 28.1 Å². The number of benzene rings is 2. The van der Waals surface area contributed by atoms with E-state index in [1.54, 1.807) is 6.07 Å². The fraction of sp³-hybridized carbons (Fsp3) is 0.316. The third kappa shape index (κ3) is 5.04. The number of nitro groups is 1. The number of rotatable bonds is 4. The van der Waals surface area contributed by atoms with Crippen molar-refractivity contribution in [2.45, 2.75) is 12.7 Å². The van der Waals surface area contributed by atoms with Gasteiger partial charge in [-0.05, 0) is 23.8 Å². The Morgan fingerprint density at radius 2 is 1.79 bits per heavy atom. The number of alkyl halides is 3. The van der Waals surface area contributed by atoms with Crippen molar-refractivity contribution in [2.75, 3.05) is 26.2 Å². The second-order valence-electron chi connectivity index (χ2n) is 6.69. The third-order valence-corrected chi connectivity index (χ3v) is 4.94. The van der Waals surface area contributed by atoms with Crippen LogP contribution in [0.25, 0.3) is 0 Å². The van der Waals surface area contributed by atoms with Gasteiger partial charge in [-0.15, -0.1) is 0 Å². The molecule has 0 radical (unpaired) electrons. The molecule has 2 aromatic rings. The van der Waals surface area contributed by atoms with Gasteiger partial charge in [-0.3, -0.25) is 19.8 Å². The quantitative estimate of drug-likeness (QED) is 0.541. The average Bonchev–Trinajstić information content (AvgIpc) is 2.67. The molecule has 0 unspecified atom stereocenters. The van der Waals surface area contributed by atoms with E-state index in [0.29, 0.717) is 38.3 Å². The second-order valence-corrected chi connectivity index (χ2v) is 7.12. The first-order valence-electron chi connectivity index (χ1n) is 8.77. The maximum Gasteiger partial charge on any atom is 0.416 e. The van der Waals surface area contributed by atoms with E-state index in [0.717, 1.165) is 18.2 Å². The molecule has 6 nitrogen and oxygen atoms in total. The van der Waals surface area contributed by atoms with Gasteiger partial charge in [0.1, 0.15) is 5.56 Å². The van der Waals surface area contributed by atoms with Gasteiger partial charge in [0.2, 0.25) is 0 Å². The maximum absolute atomic E-state index is 12.8. The van der Waals surface area contributed by atoms with Gasteiger partial charge in [0.25, 0.3) is 11.6 Å². The van der Waals surface area contributed by atoms with Crippen LogP contribution in [0.3, 0.4) is 0 Å². The molecule has 154 valence electrons. The topological polar surface area (TPSA) is 66.7 Å². The first kappa shape index (κ1) is 21.1. The Morgan fingerprint density at radius 3 is 2.41 bits per heavy atom. The molecule has 0 aromatic heterocycles. The molecule has 0 saturated carbocycles. The number of carbonyl (C=O) groups excluding carboxylic acids is 1. The van der Waals surface area contributed by atoms with Gasteiger partial charge < -0.3 is 4.90 Å². The summed E-state index contributed by atoms with van der Waals surface area (Å²) < 4.78 is 38.5. The van der Waals surface area contributed by atoms with Gasteiger partial charge in [-0.1, -0.05) is 29.8 Å². The standard InChI is InChI=1S/C19H17ClF3N3O3/c20-15-4-5-16(17(11-15)26(28)29)18(27)25-8-6-24(7-9-25)12-13-2-1-3-14(10-13)19(21,22)23/h1-5,10-11H,6-9,12H2. The monoisotopic (exact) mass is 427 g/mol. The third-order valence-electron chi connectivity index (χ3n) is 4.71. The fourth-order valence-electron chi connectivity index (χ4n) is 3.22. The summed E-state index contributed by atoms with van der Waals surface area (Å²) >= 11 is 5.78. The first-order chi connectivity index (χ1) is 13.6. The number of amides is 1. The summed E-state index contributed by atoms with van der Waals surface area (Å²) in [7, 11) is 0. The van der Waals surface area contributed by atoms with E-state index in [1.807, 2.05) is 4.90 Å². The van der Waals surface area contributed by atoms with E-state index in [2.05, 4.69) is 0 Å². The van der Waals surface area contributed by atoms with Gasteiger partial charge in [0.15, 0.2) is 0 Å². The van der Waals surface area contributed by atoms with Gasteiger partial charge in [-0.2, -0.15) is 13.2 Å². The molecule has 0 bridgehead atoms. The van der Waals surface area contributed by atoms with E-state index in [1.165, 1.54) is 23.1 Å². The number of carbonyl (C=O) groups is 1. The highest BCUT2D eigenvalue weighted by Gasteiger charge is 2.31. The minimum atomic E-state index is -4.39. The lowest BCUT2D eigenvalue weighted by atomic mass is 10.1. The lowest BCUT2D eigenvalue weighted by molar-refractivity contribution is -0.385. The van der Waals surface area contributed by atoms with Gasteiger partial charge in [0.05, 0.1) is 10.5 Å². The van der Waals surface area contributed by atoms with Crippen LogP contribution in [0.4, 0.5) is 18.9 Å². The molecular weight excluding hydrogens is 411 g/mol. The molecule has 1 aliphatic rings. The Morgan fingerprint density at radius 1 is 1.10 bits per heavy atom. The van der Waals surface area contributed by atoms with Crippen molar-refractivity contribution in [3.8, 4) is 0 Å². The molecule has 0 N–H and O–H groups in total. The molecule has 29 heavy (non-hydrogen) atoms. The van der Waals surface area contributed by atoms with Crippen LogP contribution in [-0.2, 0) is 12.7 Å². The molecule has 1 heterocycles. The van der Waals surface area contributed by atoms with Crippen molar-refractivity contribution in [2.24, 2.45) is 0 Å². The summed E-state index contributed by atoms with van der Waals surface area (Å²) in [6.07, 6.45) is -4.39. The molecule has 1 aliphatic heterocycles. The van der Waals surface area contributed by atoms with E-state index >= 15 is 0 Å². The van der Waals surface area contributed by atoms with Crippen molar-refractivity contribution in [1.29, 1.82) is 0 Å². The highest BCUT2D eigenvalue weighted by Crippen LogP contribution is 2.30. The zero-order valence-corrected chi connectivity index (χ0v) is 15.9. The average molecular weight is 428 g/mol. The Hall–Kier alpha value is -2.65. The van der Waals surface area contributed by atoms with E-state index in [4.69, 9.17) is 11.6 Å². The minimum absolute atomic E-state index is 0.0364. The van der Waals surface area contributed by atoms with Crippen molar-refractivity contribution in [1.82, 2.24) is 9.80 Å². The summed E-state index contributed by atoms with van der Waals surface area (Å²) in [5.74, 6) is -0.466. The highest BCUT2D eigenvalue weighted by atomic mass is 35.5. The number of piperazine rings is 1. The Kier molecular flexibility index (Phi) is 6.09. The summed E-state index contributed by atoms with van der Waals surface area (Å²) in [6, 6.07) is 9.04. The molecule has 10 heteroatoms. The normalized spacial score (nSPS) is 15.4. The zero-order valence-electron chi connectivity index (χ0n) is 15.2. The Balaban J connectivity index is 1.64. The summed E-state index contributed by atoms with van der Waals surface area (Å²) in [5, 5.41) is 11.4. The van der Waals surface area contributed by atoms with Crippen molar-refractivity contribution < 1.29 is 22.9 Å². The van der Waals surface area contributed by atoms with Crippen LogP contribution in [0.15, 0.2) is 42.5 Å². The smallest absolute Gasteiger partial charge is 0.336 e. The van der Waals surface area contributed by atoms with Crippen LogP contribution in [0.2, 0.25) is 5.02 Å². The second kappa shape index (κ2) is 8.38. The number of nitro benzene ring substituents is 1. The number of nitrogens with zero attached hydrogens (tertiary/aromatic N) is 3. The van der Waals surface area contributed by atoms with Crippen LogP contribution in [0, 0.1) is 10.1 Å². The molecule has 1 saturated heterocycles.